The molecule has 1 aromatic heterocycles. The summed E-state index contributed by atoms with van der Waals surface area (Å²) in [6.07, 6.45) is 1.50. The van der Waals surface area contributed by atoms with Crippen LogP contribution in [-0.4, -0.2) is 6.08 Å². The highest BCUT2D eigenvalue weighted by atomic mass is 16.3. The zero-order chi connectivity index (χ0) is 10.7. The maximum absolute atomic E-state index is 10.0. The molecule has 3 nitrogen and oxygen atoms in total. The SMILES string of the molecule is Cc1ccc(-c2ccc(N=C=O)cc2)o1. The molecule has 0 amide bonds. The van der Waals surface area contributed by atoms with E-state index in [4.69, 9.17) is 4.42 Å². The van der Waals surface area contributed by atoms with E-state index in [2.05, 4.69) is 4.99 Å². The van der Waals surface area contributed by atoms with E-state index in [1.54, 1.807) is 12.1 Å². The van der Waals surface area contributed by atoms with Crippen LogP contribution in [-0.2, 0) is 4.79 Å². The Kier molecular flexibility index (Phi) is 2.48. The standard InChI is InChI=1S/C12H9NO2/c1-9-2-7-12(15-9)10-3-5-11(6-4-10)13-8-14/h2-7H,1H3. The van der Waals surface area contributed by atoms with Crippen molar-refractivity contribution in [2.75, 3.05) is 0 Å². The minimum Gasteiger partial charge on any atom is -0.461 e. The minimum atomic E-state index is 0.594. The van der Waals surface area contributed by atoms with E-state index < -0.39 is 0 Å². The topological polar surface area (TPSA) is 42.6 Å². The summed E-state index contributed by atoms with van der Waals surface area (Å²) >= 11 is 0. The summed E-state index contributed by atoms with van der Waals surface area (Å²) in [6.45, 7) is 1.90. The number of benzene rings is 1. The second kappa shape index (κ2) is 3.95. The second-order valence-electron chi connectivity index (χ2n) is 3.16. The molecule has 0 N–H and O–H groups in total. The van der Waals surface area contributed by atoms with Crippen molar-refractivity contribution in [3.05, 3.63) is 42.2 Å². The van der Waals surface area contributed by atoms with E-state index in [-0.39, 0.29) is 0 Å². The van der Waals surface area contributed by atoms with E-state index >= 15 is 0 Å². The van der Waals surface area contributed by atoms with Crippen LogP contribution in [0, 0.1) is 6.92 Å². The number of rotatable bonds is 2. The Balaban J connectivity index is 2.35. The zero-order valence-electron chi connectivity index (χ0n) is 8.23. The number of nitrogens with zero attached hydrogens (tertiary/aromatic N) is 1. The van der Waals surface area contributed by atoms with Gasteiger partial charge in [0.25, 0.3) is 0 Å². The summed E-state index contributed by atoms with van der Waals surface area (Å²) in [4.78, 5) is 13.5. The smallest absolute Gasteiger partial charge is 0.240 e. The molecule has 0 unspecified atom stereocenters. The summed E-state index contributed by atoms with van der Waals surface area (Å²) in [6, 6.07) is 11.0. The van der Waals surface area contributed by atoms with Crippen LogP contribution in [0.1, 0.15) is 5.76 Å². The number of aliphatic imine (C=N–C) groups is 1. The maximum atomic E-state index is 10.0. The Morgan fingerprint density at radius 2 is 1.87 bits per heavy atom. The molecule has 74 valence electrons. The predicted molar refractivity (Wildman–Crippen MR) is 56.7 cm³/mol. The third kappa shape index (κ3) is 2.03. The van der Waals surface area contributed by atoms with Crippen LogP contribution in [0.3, 0.4) is 0 Å². The summed E-state index contributed by atoms with van der Waals surface area (Å²) < 4.78 is 5.46. The number of isocyanates is 1. The van der Waals surface area contributed by atoms with Crippen LogP contribution >= 0.6 is 0 Å². The first-order valence-electron chi connectivity index (χ1n) is 4.54. The molecule has 0 aliphatic heterocycles. The second-order valence-corrected chi connectivity index (χ2v) is 3.16. The van der Waals surface area contributed by atoms with E-state index in [1.807, 2.05) is 31.2 Å². The molecular formula is C12H9NO2. The van der Waals surface area contributed by atoms with Crippen molar-refractivity contribution >= 4 is 11.8 Å². The van der Waals surface area contributed by atoms with Gasteiger partial charge in [0, 0.05) is 5.56 Å². The highest BCUT2D eigenvalue weighted by Gasteiger charge is 2.01. The quantitative estimate of drug-likeness (QED) is 0.550. The summed E-state index contributed by atoms with van der Waals surface area (Å²) in [5.41, 5.74) is 1.56. The first kappa shape index (κ1) is 9.44. The fraction of sp³-hybridized carbons (Fsp3) is 0.0833. The van der Waals surface area contributed by atoms with Gasteiger partial charge in [-0.2, -0.15) is 4.99 Å². The van der Waals surface area contributed by atoms with Crippen molar-refractivity contribution in [3.8, 4) is 11.3 Å². The lowest BCUT2D eigenvalue weighted by Crippen LogP contribution is -1.72. The first-order chi connectivity index (χ1) is 7.29. The maximum Gasteiger partial charge on any atom is 0.240 e. The summed E-state index contributed by atoms with van der Waals surface area (Å²) in [5, 5.41) is 0. The lowest BCUT2D eigenvalue weighted by Gasteiger charge is -1.96. The molecule has 2 rings (SSSR count). The van der Waals surface area contributed by atoms with Gasteiger partial charge in [-0.3, -0.25) is 0 Å². The fourth-order valence-electron chi connectivity index (χ4n) is 1.34. The van der Waals surface area contributed by atoms with Gasteiger partial charge in [0.15, 0.2) is 0 Å². The highest BCUT2D eigenvalue weighted by Crippen LogP contribution is 2.24. The van der Waals surface area contributed by atoms with Gasteiger partial charge < -0.3 is 4.42 Å². The molecule has 2 aromatic rings. The van der Waals surface area contributed by atoms with Crippen LogP contribution in [0.2, 0.25) is 0 Å². The molecule has 0 bridgehead atoms. The molecule has 0 fully saturated rings. The van der Waals surface area contributed by atoms with Crippen molar-refractivity contribution in [2.24, 2.45) is 4.99 Å². The Labute approximate surface area is 87.1 Å². The Hall–Kier alpha value is -2.12. The normalized spacial score (nSPS) is 9.67. The number of hydrogen-bond donors (Lipinski definition) is 0. The number of aryl methyl sites for hydroxylation is 1. The van der Waals surface area contributed by atoms with Crippen LogP contribution in [0.5, 0.6) is 0 Å². The number of hydrogen-bond acceptors (Lipinski definition) is 3. The Morgan fingerprint density at radius 3 is 2.40 bits per heavy atom. The van der Waals surface area contributed by atoms with Gasteiger partial charge in [0.05, 0.1) is 5.69 Å². The van der Waals surface area contributed by atoms with E-state index in [9.17, 15) is 4.79 Å². The van der Waals surface area contributed by atoms with Gasteiger partial charge in [-0.25, -0.2) is 4.79 Å². The highest BCUT2D eigenvalue weighted by molar-refractivity contribution is 5.61. The van der Waals surface area contributed by atoms with Crippen LogP contribution in [0.25, 0.3) is 11.3 Å². The fourth-order valence-corrected chi connectivity index (χ4v) is 1.34. The first-order valence-corrected chi connectivity index (χ1v) is 4.54. The van der Waals surface area contributed by atoms with Crippen molar-refractivity contribution in [1.82, 2.24) is 0 Å². The average molecular weight is 199 g/mol. The van der Waals surface area contributed by atoms with Gasteiger partial charge in [-0.05, 0) is 43.3 Å². The lowest BCUT2D eigenvalue weighted by molar-refractivity contribution is 0.548. The third-order valence-electron chi connectivity index (χ3n) is 2.07. The van der Waals surface area contributed by atoms with Crippen LogP contribution in [0.4, 0.5) is 5.69 Å². The summed E-state index contributed by atoms with van der Waals surface area (Å²) in [7, 11) is 0. The monoisotopic (exact) mass is 199 g/mol. The summed E-state index contributed by atoms with van der Waals surface area (Å²) in [5.74, 6) is 1.69. The molecule has 0 saturated heterocycles. The molecule has 3 heteroatoms. The molecule has 15 heavy (non-hydrogen) atoms. The molecular weight excluding hydrogens is 190 g/mol. The molecule has 0 atom stereocenters. The van der Waals surface area contributed by atoms with Crippen LogP contribution in [0.15, 0.2) is 45.8 Å². The molecule has 1 aromatic carbocycles. The lowest BCUT2D eigenvalue weighted by atomic mass is 10.1. The number of furan rings is 1. The van der Waals surface area contributed by atoms with Crippen LogP contribution < -0.4 is 0 Å². The van der Waals surface area contributed by atoms with Gasteiger partial charge in [-0.15, -0.1) is 0 Å². The minimum absolute atomic E-state index is 0.594. The molecule has 0 saturated carbocycles. The Bertz CT molecular complexity index is 505. The van der Waals surface area contributed by atoms with Crippen molar-refractivity contribution in [2.45, 2.75) is 6.92 Å². The van der Waals surface area contributed by atoms with Crippen molar-refractivity contribution in [1.29, 1.82) is 0 Å². The van der Waals surface area contributed by atoms with Gasteiger partial charge in [0.1, 0.15) is 11.5 Å². The Morgan fingerprint density at radius 1 is 1.13 bits per heavy atom. The van der Waals surface area contributed by atoms with Crippen molar-refractivity contribution < 1.29 is 9.21 Å². The largest absolute Gasteiger partial charge is 0.461 e. The van der Waals surface area contributed by atoms with Gasteiger partial charge in [-0.1, -0.05) is 0 Å². The molecule has 0 spiro atoms. The van der Waals surface area contributed by atoms with Gasteiger partial charge in [0.2, 0.25) is 6.08 Å². The van der Waals surface area contributed by atoms with E-state index in [0.717, 1.165) is 17.1 Å². The number of carbonyl (C=O) groups excluding carboxylic acids is 1. The van der Waals surface area contributed by atoms with Crippen molar-refractivity contribution in [3.63, 3.8) is 0 Å². The predicted octanol–water partition coefficient (Wildman–Crippen LogP) is 3.22. The van der Waals surface area contributed by atoms with Gasteiger partial charge >= 0.3 is 0 Å². The zero-order valence-corrected chi connectivity index (χ0v) is 8.23. The van der Waals surface area contributed by atoms with E-state index in [1.165, 1.54) is 6.08 Å². The third-order valence-corrected chi connectivity index (χ3v) is 2.07. The average Bonchev–Trinajstić information content (AvgIpc) is 2.67. The molecule has 1 heterocycles. The molecule has 0 aliphatic carbocycles. The van der Waals surface area contributed by atoms with E-state index in [0.29, 0.717) is 5.69 Å². The molecule has 0 aliphatic rings. The molecule has 0 radical (unpaired) electrons.